The van der Waals surface area contributed by atoms with Crippen LogP contribution < -0.4 is 9.47 Å². The molecule has 0 unspecified atom stereocenters. The van der Waals surface area contributed by atoms with Crippen molar-refractivity contribution in [1.82, 2.24) is 0 Å². The molecule has 1 aromatic rings. The lowest BCUT2D eigenvalue weighted by Gasteiger charge is -1.98. The van der Waals surface area contributed by atoms with E-state index in [2.05, 4.69) is 6.92 Å². The third kappa shape index (κ3) is 2.76. The molecule has 0 saturated carbocycles. The standard InChI is InChI=1S/C13H16O3/c1-2-7-14-8-3-4-11-5-6-12-13(9-11)16-10-15-12/h3-6,9H,2,7-8,10H2,1H3. The zero-order chi connectivity index (χ0) is 11.2. The fraction of sp³-hybridized carbons (Fsp3) is 0.385. The number of fused-ring (bicyclic) bond motifs is 1. The molecular formula is C13H16O3. The summed E-state index contributed by atoms with van der Waals surface area (Å²) in [7, 11) is 0. The number of ether oxygens (including phenoxy) is 3. The van der Waals surface area contributed by atoms with Crippen molar-refractivity contribution in [2.24, 2.45) is 0 Å². The van der Waals surface area contributed by atoms with Crippen molar-refractivity contribution >= 4 is 6.08 Å². The van der Waals surface area contributed by atoms with E-state index in [4.69, 9.17) is 14.2 Å². The molecule has 0 saturated heterocycles. The van der Waals surface area contributed by atoms with Gasteiger partial charge in [-0.05, 0) is 24.1 Å². The first kappa shape index (κ1) is 11.0. The van der Waals surface area contributed by atoms with Crippen LogP contribution in [-0.2, 0) is 4.74 Å². The molecule has 0 bridgehead atoms. The summed E-state index contributed by atoms with van der Waals surface area (Å²) in [6.45, 7) is 3.89. The Labute approximate surface area is 95.6 Å². The summed E-state index contributed by atoms with van der Waals surface area (Å²) < 4.78 is 15.9. The fourth-order valence-corrected chi connectivity index (χ4v) is 1.50. The second-order valence-electron chi connectivity index (χ2n) is 3.59. The molecule has 0 radical (unpaired) electrons. The van der Waals surface area contributed by atoms with E-state index in [0.717, 1.165) is 30.1 Å². The van der Waals surface area contributed by atoms with Crippen molar-refractivity contribution in [3.05, 3.63) is 29.8 Å². The lowest BCUT2D eigenvalue weighted by Crippen LogP contribution is -1.92. The predicted octanol–water partition coefficient (Wildman–Crippen LogP) is 2.86. The Morgan fingerprint density at radius 2 is 2.19 bits per heavy atom. The maximum Gasteiger partial charge on any atom is 0.231 e. The van der Waals surface area contributed by atoms with Gasteiger partial charge in [0, 0.05) is 6.61 Å². The molecule has 1 heterocycles. The molecule has 0 fully saturated rings. The molecule has 86 valence electrons. The molecule has 0 amide bonds. The third-order valence-electron chi connectivity index (χ3n) is 2.27. The summed E-state index contributed by atoms with van der Waals surface area (Å²) in [5.74, 6) is 1.64. The Balaban J connectivity index is 1.90. The maximum atomic E-state index is 5.35. The minimum absolute atomic E-state index is 0.322. The lowest BCUT2D eigenvalue weighted by atomic mass is 10.2. The van der Waals surface area contributed by atoms with Crippen LogP contribution in [0.3, 0.4) is 0 Å². The Morgan fingerprint density at radius 1 is 1.31 bits per heavy atom. The quantitative estimate of drug-likeness (QED) is 0.714. The highest BCUT2D eigenvalue weighted by Gasteiger charge is 2.11. The van der Waals surface area contributed by atoms with Crippen LogP contribution in [-0.4, -0.2) is 20.0 Å². The van der Waals surface area contributed by atoms with Gasteiger partial charge in [-0.2, -0.15) is 0 Å². The highest BCUT2D eigenvalue weighted by Crippen LogP contribution is 2.32. The van der Waals surface area contributed by atoms with Crippen LogP contribution in [0.2, 0.25) is 0 Å². The van der Waals surface area contributed by atoms with Gasteiger partial charge in [0.1, 0.15) is 0 Å². The summed E-state index contributed by atoms with van der Waals surface area (Å²) in [5.41, 5.74) is 1.10. The zero-order valence-corrected chi connectivity index (χ0v) is 9.44. The van der Waals surface area contributed by atoms with E-state index in [9.17, 15) is 0 Å². The van der Waals surface area contributed by atoms with Crippen LogP contribution >= 0.6 is 0 Å². The first-order valence-corrected chi connectivity index (χ1v) is 5.54. The average Bonchev–Trinajstić information content (AvgIpc) is 2.76. The van der Waals surface area contributed by atoms with E-state index in [1.165, 1.54) is 0 Å². The van der Waals surface area contributed by atoms with Gasteiger partial charge < -0.3 is 14.2 Å². The van der Waals surface area contributed by atoms with Crippen molar-refractivity contribution < 1.29 is 14.2 Å². The van der Waals surface area contributed by atoms with Gasteiger partial charge >= 0.3 is 0 Å². The molecule has 16 heavy (non-hydrogen) atoms. The lowest BCUT2D eigenvalue weighted by molar-refractivity contribution is 0.163. The molecule has 0 spiro atoms. The first-order valence-electron chi connectivity index (χ1n) is 5.54. The average molecular weight is 220 g/mol. The summed E-state index contributed by atoms with van der Waals surface area (Å²) in [4.78, 5) is 0. The smallest absolute Gasteiger partial charge is 0.231 e. The van der Waals surface area contributed by atoms with Gasteiger partial charge in [-0.15, -0.1) is 0 Å². The number of benzene rings is 1. The van der Waals surface area contributed by atoms with Crippen molar-refractivity contribution in [2.45, 2.75) is 13.3 Å². The van der Waals surface area contributed by atoms with E-state index in [1.807, 2.05) is 30.4 Å². The highest BCUT2D eigenvalue weighted by atomic mass is 16.7. The number of hydrogen-bond acceptors (Lipinski definition) is 3. The molecule has 0 N–H and O–H groups in total. The third-order valence-corrected chi connectivity index (χ3v) is 2.27. The maximum absolute atomic E-state index is 5.35. The van der Waals surface area contributed by atoms with Crippen LogP contribution in [0, 0.1) is 0 Å². The highest BCUT2D eigenvalue weighted by molar-refractivity contribution is 5.56. The monoisotopic (exact) mass is 220 g/mol. The topological polar surface area (TPSA) is 27.7 Å². The van der Waals surface area contributed by atoms with E-state index in [-0.39, 0.29) is 0 Å². The summed E-state index contributed by atoms with van der Waals surface area (Å²) >= 11 is 0. The van der Waals surface area contributed by atoms with E-state index >= 15 is 0 Å². The molecular weight excluding hydrogens is 204 g/mol. The molecule has 1 aromatic carbocycles. The second kappa shape index (κ2) is 5.56. The minimum Gasteiger partial charge on any atom is -0.454 e. The van der Waals surface area contributed by atoms with Gasteiger partial charge in [-0.25, -0.2) is 0 Å². The SMILES string of the molecule is CCCOCC=Cc1ccc2c(c1)OCO2. The van der Waals surface area contributed by atoms with Crippen molar-refractivity contribution in [1.29, 1.82) is 0 Å². The minimum atomic E-state index is 0.322. The Kier molecular flexibility index (Phi) is 3.83. The molecule has 1 aliphatic rings. The van der Waals surface area contributed by atoms with Crippen molar-refractivity contribution in [2.75, 3.05) is 20.0 Å². The van der Waals surface area contributed by atoms with Crippen molar-refractivity contribution in [3.63, 3.8) is 0 Å². The van der Waals surface area contributed by atoms with E-state index < -0.39 is 0 Å². The van der Waals surface area contributed by atoms with Gasteiger partial charge in [0.25, 0.3) is 0 Å². The van der Waals surface area contributed by atoms with E-state index in [1.54, 1.807) is 0 Å². The van der Waals surface area contributed by atoms with Crippen molar-refractivity contribution in [3.8, 4) is 11.5 Å². The molecule has 3 nitrogen and oxygen atoms in total. The number of hydrogen-bond donors (Lipinski definition) is 0. The Morgan fingerprint density at radius 3 is 3.06 bits per heavy atom. The molecule has 0 aliphatic carbocycles. The van der Waals surface area contributed by atoms with E-state index in [0.29, 0.717) is 13.4 Å². The number of rotatable bonds is 5. The fourth-order valence-electron chi connectivity index (χ4n) is 1.50. The second-order valence-corrected chi connectivity index (χ2v) is 3.59. The molecule has 2 rings (SSSR count). The summed E-state index contributed by atoms with van der Waals surface area (Å²) in [6, 6.07) is 5.90. The van der Waals surface area contributed by atoms with Gasteiger partial charge in [0.2, 0.25) is 6.79 Å². The van der Waals surface area contributed by atoms with Gasteiger partial charge in [0.05, 0.1) is 6.61 Å². The molecule has 0 atom stereocenters. The first-order chi connectivity index (χ1) is 7.90. The van der Waals surface area contributed by atoms with Gasteiger partial charge in [0.15, 0.2) is 11.5 Å². The zero-order valence-electron chi connectivity index (χ0n) is 9.44. The largest absolute Gasteiger partial charge is 0.454 e. The molecule has 0 aromatic heterocycles. The normalized spacial score (nSPS) is 13.6. The Bertz CT molecular complexity index is 371. The van der Waals surface area contributed by atoms with Crippen LogP contribution in [0.4, 0.5) is 0 Å². The van der Waals surface area contributed by atoms with Crippen LogP contribution in [0.5, 0.6) is 11.5 Å². The van der Waals surface area contributed by atoms with Crippen LogP contribution in [0.25, 0.3) is 6.08 Å². The summed E-state index contributed by atoms with van der Waals surface area (Å²) in [5, 5.41) is 0. The van der Waals surface area contributed by atoms with Crippen LogP contribution in [0.15, 0.2) is 24.3 Å². The summed E-state index contributed by atoms with van der Waals surface area (Å²) in [6.07, 6.45) is 5.09. The predicted molar refractivity (Wildman–Crippen MR) is 62.7 cm³/mol. The Hall–Kier alpha value is -1.48. The van der Waals surface area contributed by atoms with Gasteiger partial charge in [-0.1, -0.05) is 25.1 Å². The molecule has 3 heteroatoms. The van der Waals surface area contributed by atoms with Crippen LogP contribution in [0.1, 0.15) is 18.9 Å². The van der Waals surface area contributed by atoms with Gasteiger partial charge in [-0.3, -0.25) is 0 Å². The molecule has 1 aliphatic heterocycles.